The van der Waals surface area contributed by atoms with Gasteiger partial charge in [-0.05, 0) is 36.6 Å². The molecule has 140 valence electrons. The average Bonchev–Trinajstić information content (AvgIpc) is 2.68. The summed E-state index contributed by atoms with van der Waals surface area (Å²) in [6.07, 6.45) is 1.07. The number of halogens is 2. The smallest absolute Gasteiger partial charge is 0.338 e. The predicted molar refractivity (Wildman–Crippen MR) is 95.8 cm³/mol. The van der Waals surface area contributed by atoms with E-state index >= 15 is 0 Å². The molecule has 2 aromatic carbocycles. The number of carbonyl (C=O) groups is 2. The first-order valence-electron chi connectivity index (χ1n) is 8.00. The first kappa shape index (κ1) is 18.8. The van der Waals surface area contributed by atoms with E-state index in [9.17, 15) is 24.1 Å². The summed E-state index contributed by atoms with van der Waals surface area (Å²) in [5, 5.41) is 11.5. The lowest BCUT2D eigenvalue weighted by Gasteiger charge is -2.30. The van der Waals surface area contributed by atoms with Crippen LogP contribution in [0.1, 0.15) is 32.7 Å². The van der Waals surface area contributed by atoms with Crippen molar-refractivity contribution >= 4 is 34.9 Å². The van der Waals surface area contributed by atoms with Crippen molar-refractivity contribution in [1.82, 2.24) is 0 Å². The Kier molecular flexibility index (Phi) is 5.09. The lowest BCUT2D eigenvalue weighted by atomic mass is 9.99. The van der Waals surface area contributed by atoms with Gasteiger partial charge in [-0.2, -0.15) is 0 Å². The highest BCUT2D eigenvalue weighted by Gasteiger charge is 2.29. The zero-order valence-corrected chi connectivity index (χ0v) is 15.0. The molecule has 27 heavy (non-hydrogen) atoms. The third-order valence-electron chi connectivity index (χ3n) is 4.30. The molecule has 1 aliphatic rings. The summed E-state index contributed by atoms with van der Waals surface area (Å²) in [6.45, 7) is 0.222. The number of nitro groups is 1. The first-order valence-corrected chi connectivity index (χ1v) is 8.38. The monoisotopic (exact) mass is 392 g/mol. The zero-order valence-electron chi connectivity index (χ0n) is 14.2. The van der Waals surface area contributed by atoms with E-state index < -0.39 is 28.3 Å². The molecule has 0 aliphatic carbocycles. The quantitative estimate of drug-likeness (QED) is 0.450. The summed E-state index contributed by atoms with van der Waals surface area (Å²) >= 11 is 6.13. The summed E-state index contributed by atoms with van der Waals surface area (Å²) < 4.78 is 19.0. The molecule has 0 atom stereocenters. The first-order chi connectivity index (χ1) is 12.8. The largest absolute Gasteiger partial charge is 0.465 e. The molecule has 3 rings (SSSR count). The third kappa shape index (κ3) is 3.48. The molecule has 0 bridgehead atoms. The summed E-state index contributed by atoms with van der Waals surface area (Å²) in [5.74, 6) is -2.09. The Hall–Kier alpha value is -3.00. The maximum absolute atomic E-state index is 14.4. The molecule has 9 heteroatoms. The molecule has 7 nitrogen and oxygen atoms in total. The highest BCUT2D eigenvalue weighted by Crippen LogP contribution is 2.36. The molecule has 0 unspecified atom stereocenters. The van der Waals surface area contributed by atoms with Gasteiger partial charge in [-0.3, -0.25) is 14.9 Å². The fraction of sp³-hybridized carbons (Fsp3) is 0.222. The Morgan fingerprint density at radius 3 is 2.63 bits per heavy atom. The Morgan fingerprint density at radius 2 is 1.96 bits per heavy atom. The van der Waals surface area contributed by atoms with E-state index in [-0.39, 0.29) is 23.4 Å². The van der Waals surface area contributed by atoms with Gasteiger partial charge in [0.25, 0.3) is 11.6 Å². The molecule has 1 heterocycles. The van der Waals surface area contributed by atoms with Crippen LogP contribution in [0, 0.1) is 15.9 Å². The van der Waals surface area contributed by atoms with Crippen LogP contribution < -0.4 is 4.90 Å². The van der Waals surface area contributed by atoms with Gasteiger partial charge in [-0.15, -0.1) is 0 Å². The van der Waals surface area contributed by atoms with E-state index in [1.165, 1.54) is 23.1 Å². The van der Waals surface area contributed by atoms with Crippen molar-refractivity contribution in [3.05, 3.63) is 68.0 Å². The fourth-order valence-electron chi connectivity index (χ4n) is 3.07. The Balaban J connectivity index is 2.10. The Bertz CT molecular complexity index is 963. The number of non-ortho nitro benzene ring substituents is 1. The molecule has 2 aromatic rings. The molecule has 0 saturated heterocycles. The molecule has 0 saturated carbocycles. The lowest BCUT2D eigenvalue weighted by Crippen LogP contribution is -2.36. The van der Waals surface area contributed by atoms with E-state index in [1.807, 2.05) is 0 Å². The van der Waals surface area contributed by atoms with Crippen LogP contribution in [0.4, 0.5) is 15.8 Å². The number of esters is 1. The van der Waals surface area contributed by atoms with Crippen molar-refractivity contribution < 1.29 is 23.6 Å². The van der Waals surface area contributed by atoms with Crippen LogP contribution >= 0.6 is 11.6 Å². The number of nitrogens with zero attached hydrogens (tertiary/aromatic N) is 2. The molecule has 1 amide bonds. The van der Waals surface area contributed by atoms with Crippen molar-refractivity contribution in [2.75, 3.05) is 18.6 Å². The number of rotatable bonds is 3. The van der Waals surface area contributed by atoms with Gasteiger partial charge in [0.05, 0.1) is 23.3 Å². The van der Waals surface area contributed by atoms with Crippen molar-refractivity contribution in [3.63, 3.8) is 0 Å². The third-order valence-corrected chi connectivity index (χ3v) is 4.65. The van der Waals surface area contributed by atoms with Crippen LogP contribution in [0.2, 0.25) is 5.02 Å². The maximum Gasteiger partial charge on any atom is 0.338 e. The minimum Gasteiger partial charge on any atom is -0.465 e. The number of anilines is 1. The standard InChI is InChI=1S/C18H14ClFN2O5/c1-27-18(24)11-7-10(8-12(9-11)22(25)26)17(23)21-6-2-3-13-14(19)4-5-15(20)16(13)21/h4-5,7-9H,2-3,6H2,1H3. The minimum absolute atomic E-state index is 0.0601. The van der Waals surface area contributed by atoms with Crippen LogP contribution in [-0.4, -0.2) is 30.5 Å². The number of amides is 1. The molecular weight excluding hydrogens is 379 g/mol. The lowest BCUT2D eigenvalue weighted by molar-refractivity contribution is -0.384. The normalized spacial score (nSPS) is 13.1. The fourth-order valence-corrected chi connectivity index (χ4v) is 3.32. The van der Waals surface area contributed by atoms with Crippen LogP contribution in [-0.2, 0) is 11.2 Å². The average molecular weight is 393 g/mol. The summed E-state index contributed by atoms with van der Waals surface area (Å²) in [7, 11) is 1.13. The number of hydrogen-bond donors (Lipinski definition) is 0. The topological polar surface area (TPSA) is 89.8 Å². The van der Waals surface area contributed by atoms with Gasteiger partial charge in [0.15, 0.2) is 0 Å². The molecule has 1 aliphatic heterocycles. The summed E-state index contributed by atoms with van der Waals surface area (Å²) in [6, 6.07) is 5.85. The van der Waals surface area contributed by atoms with E-state index in [0.717, 1.165) is 19.2 Å². The highest BCUT2D eigenvalue weighted by molar-refractivity contribution is 6.32. The minimum atomic E-state index is -0.819. The van der Waals surface area contributed by atoms with Crippen LogP contribution in [0.3, 0.4) is 0 Å². The van der Waals surface area contributed by atoms with Gasteiger partial charge in [-0.25, -0.2) is 9.18 Å². The molecule has 0 fully saturated rings. The van der Waals surface area contributed by atoms with E-state index in [0.29, 0.717) is 23.4 Å². The van der Waals surface area contributed by atoms with Crippen molar-refractivity contribution in [2.45, 2.75) is 12.8 Å². The van der Waals surface area contributed by atoms with E-state index in [2.05, 4.69) is 4.74 Å². The molecule has 0 spiro atoms. The van der Waals surface area contributed by atoms with Gasteiger partial charge in [0.1, 0.15) is 5.82 Å². The number of carbonyl (C=O) groups excluding carboxylic acids is 2. The van der Waals surface area contributed by atoms with Gasteiger partial charge in [-0.1, -0.05) is 11.6 Å². The van der Waals surface area contributed by atoms with E-state index in [1.54, 1.807) is 0 Å². The van der Waals surface area contributed by atoms with Crippen molar-refractivity contribution in [1.29, 1.82) is 0 Å². The SMILES string of the molecule is COC(=O)c1cc(C(=O)N2CCCc3c(Cl)ccc(F)c32)cc([N+](=O)[O-])c1. The molecule has 0 radical (unpaired) electrons. The summed E-state index contributed by atoms with van der Waals surface area (Å²) in [4.78, 5) is 36.4. The number of hydrogen-bond acceptors (Lipinski definition) is 5. The van der Waals surface area contributed by atoms with Crippen molar-refractivity contribution in [3.8, 4) is 0 Å². The maximum atomic E-state index is 14.4. The van der Waals surface area contributed by atoms with Crippen molar-refractivity contribution in [2.24, 2.45) is 0 Å². The van der Waals surface area contributed by atoms with Gasteiger partial charge >= 0.3 is 5.97 Å². The Morgan fingerprint density at radius 1 is 1.26 bits per heavy atom. The van der Waals surface area contributed by atoms with Gasteiger partial charge in [0.2, 0.25) is 0 Å². The van der Waals surface area contributed by atoms with Crippen LogP contribution in [0.5, 0.6) is 0 Å². The molecular formula is C18H14ClFN2O5. The summed E-state index contributed by atoms with van der Waals surface area (Å²) in [5.41, 5.74) is -0.125. The highest BCUT2D eigenvalue weighted by atomic mass is 35.5. The second kappa shape index (κ2) is 7.32. The number of benzene rings is 2. The second-order valence-corrected chi connectivity index (χ2v) is 6.34. The molecule has 0 N–H and O–H groups in total. The Labute approximate surface area is 158 Å². The zero-order chi connectivity index (χ0) is 19.7. The van der Waals surface area contributed by atoms with Crippen LogP contribution in [0.25, 0.3) is 0 Å². The number of nitro benzene ring substituents is 1. The van der Waals surface area contributed by atoms with Gasteiger partial charge < -0.3 is 9.64 Å². The second-order valence-electron chi connectivity index (χ2n) is 5.93. The number of methoxy groups -OCH3 is 1. The van der Waals surface area contributed by atoms with E-state index in [4.69, 9.17) is 11.6 Å². The molecule has 0 aromatic heterocycles. The predicted octanol–water partition coefficient (Wildman–Crippen LogP) is 3.77. The number of fused-ring (bicyclic) bond motifs is 1. The van der Waals surface area contributed by atoms with Gasteiger partial charge in [0, 0.05) is 29.3 Å². The van der Waals surface area contributed by atoms with Crippen LogP contribution in [0.15, 0.2) is 30.3 Å². The number of ether oxygens (including phenoxy) is 1.